The average Bonchev–Trinajstić information content (AvgIpc) is 2.34. The highest BCUT2D eigenvalue weighted by molar-refractivity contribution is 7.99. The van der Waals surface area contributed by atoms with E-state index in [1.54, 1.807) is 30.5 Å². The molecule has 3 nitrogen and oxygen atoms in total. The van der Waals surface area contributed by atoms with Gasteiger partial charge in [0.05, 0.1) is 10.0 Å². The van der Waals surface area contributed by atoms with E-state index >= 15 is 0 Å². The van der Waals surface area contributed by atoms with Gasteiger partial charge in [0.15, 0.2) is 0 Å². The lowest BCUT2D eigenvalue weighted by molar-refractivity contribution is 1.11. The van der Waals surface area contributed by atoms with Crippen LogP contribution >= 0.6 is 35.0 Å². The highest BCUT2D eigenvalue weighted by atomic mass is 35.5. The predicted octanol–water partition coefficient (Wildman–Crippen LogP) is 3.82. The molecule has 0 bridgehead atoms. The van der Waals surface area contributed by atoms with Gasteiger partial charge in [-0.3, -0.25) is 5.41 Å². The number of halogens is 2. The maximum absolute atomic E-state index is 7.50. The molecule has 1 heterocycles. The quantitative estimate of drug-likeness (QED) is 0.668. The van der Waals surface area contributed by atoms with Crippen LogP contribution in [0.15, 0.2) is 46.5 Å². The van der Waals surface area contributed by atoms with Crippen LogP contribution in [0.3, 0.4) is 0 Å². The summed E-state index contributed by atoms with van der Waals surface area (Å²) in [5.74, 6) is -0.00865. The van der Waals surface area contributed by atoms with Crippen LogP contribution in [0.25, 0.3) is 0 Å². The van der Waals surface area contributed by atoms with Crippen molar-refractivity contribution < 1.29 is 0 Å². The van der Waals surface area contributed by atoms with E-state index in [0.717, 1.165) is 4.90 Å². The Hall–Kier alpha value is -1.23. The summed E-state index contributed by atoms with van der Waals surface area (Å²) in [5.41, 5.74) is 6.11. The molecule has 0 saturated carbocycles. The van der Waals surface area contributed by atoms with Gasteiger partial charge in [-0.05, 0) is 30.3 Å². The molecule has 18 heavy (non-hydrogen) atoms. The Morgan fingerprint density at radius 2 is 2.00 bits per heavy atom. The number of nitrogens with one attached hydrogen (secondary N) is 1. The molecule has 2 aromatic rings. The number of nitrogens with two attached hydrogens (primary N) is 1. The Morgan fingerprint density at radius 3 is 2.67 bits per heavy atom. The predicted molar refractivity (Wildman–Crippen MR) is 75.8 cm³/mol. The molecule has 92 valence electrons. The van der Waals surface area contributed by atoms with Gasteiger partial charge in [-0.15, -0.1) is 0 Å². The Bertz CT molecular complexity index is 602. The molecule has 0 radical (unpaired) electrons. The minimum atomic E-state index is -0.00865. The van der Waals surface area contributed by atoms with Crippen molar-refractivity contribution in [3.05, 3.63) is 52.1 Å². The minimum Gasteiger partial charge on any atom is -0.384 e. The first-order chi connectivity index (χ1) is 8.58. The second-order valence-electron chi connectivity index (χ2n) is 3.45. The molecule has 1 aromatic carbocycles. The number of hydrogen-bond acceptors (Lipinski definition) is 3. The molecule has 0 unspecified atom stereocenters. The third-order valence-corrected chi connectivity index (χ3v) is 3.91. The van der Waals surface area contributed by atoms with E-state index in [9.17, 15) is 0 Å². The van der Waals surface area contributed by atoms with Gasteiger partial charge in [-0.1, -0.05) is 35.0 Å². The number of benzene rings is 1. The molecule has 0 aliphatic carbocycles. The van der Waals surface area contributed by atoms with Crippen LogP contribution in [0.5, 0.6) is 0 Å². The van der Waals surface area contributed by atoms with E-state index < -0.39 is 0 Å². The Labute approximate surface area is 119 Å². The topological polar surface area (TPSA) is 62.8 Å². The summed E-state index contributed by atoms with van der Waals surface area (Å²) in [7, 11) is 0. The van der Waals surface area contributed by atoms with Gasteiger partial charge in [0.1, 0.15) is 10.9 Å². The van der Waals surface area contributed by atoms with Crippen molar-refractivity contribution in [1.82, 2.24) is 4.98 Å². The van der Waals surface area contributed by atoms with Crippen LogP contribution in [-0.2, 0) is 0 Å². The van der Waals surface area contributed by atoms with Gasteiger partial charge in [-0.25, -0.2) is 4.98 Å². The standard InChI is InChI=1S/C12H9Cl2N3S/c13-9-4-3-7(6-10(9)14)18-12-8(11(15)16)2-1-5-17-12/h1-6H,(H3,15,16). The first kappa shape index (κ1) is 13.2. The van der Waals surface area contributed by atoms with E-state index in [1.165, 1.54) is 11.8 Å². The Balaban J connectivity index is 2.34. The molecule has 0 amide bonds. The first-order valence-corrected chi connectivity index (χ1v) is 6.57. The lowest BCUT2D eigenvalue weighted by Gasteiger charge is -2.07. The molecule has 0 aliphatic rings. The summed E-state index contributed by atoms with van der Waals surface area (Å²) in [6.45, 7) is 0. The van der Waals surface area contributed by atoms with Crippen LogP contribution in [0.2, 0.25) is 10.0 Å². The number of rotatable bonds is 3. The van der Waals surface area contributed by atoms with Crippen molar-refractivity contribution in [3.63, 3.8) is 0 Å². The molecule has 1 aromatic heterocycles. The first-order valence-electron chi connectivity index (χ1n) is 5.00. The summed E-state index contributed by atoms with van der Waals surface area (Å²) in [4.78, 5) is 5.11. The fraction of sp³-hybridized carbons (Fsp3) is 0. The van der Waals surface area contributed by atoms with Gasteiger partial charge in [0.2, 0.25) is 0 Å². The van der Waals surface area contributed by atoms with Crippen LogP contribution in [0.1, 0.15) is 5.56 Å². The Morgan fingerprint density at radius 1 is 1.22 bits per heavy atom. The van der Waals surface area contributed by atoms with Gasteiger partial charge in [0, 0.05) is 16.7 Å². The zero-order valence-electron chi connectivity index (χ0n) is 9.15. The molecule has 0 atom stereocenters. The third kappa shape index (κ3) is 2.96. The van der Waals surface area contributed by atoms with Gasteiger partial charge >= 0.3 is 0 Å². The molecular formula is C12H9Cl2N3S. The zero-order valence-corrected chi connectivity index (χ0v) is 11.5. The molecule has 0 spiro atoms. The summed E-state index contributed by atoms with van der Waals surface area (Å²) < 4.78 is 0. The van der Waals surface area contributed by atoms with E-state index in [-0.39, 0.29) is 5.84 Å². The third-order valence-electron chi connectivity index (χ3n) is 2.17. The van der Waals surface area contributed by atoms with Crippen LogP contribution in [0.4, 0.5) is 0 Å². The minimum absolute atomic E-state index is 0.00865. The van der Waals surface area contributed by atoms with E-state index in [2.05, 4.69) is 4.98 Å². The van der Waals surface area contributed by atoms with Crippen LogP contribution < -0.4 is 5.73 Å². The highest BCUT2D eigenvalue weighted by Crippen LogP contribution is 2.32. The molecule has 2 rings (SSSR count). The van der Waals surface area contributed by atoms with E-state index in [4.69, 9.17) is 34.3 Å². The van der Waals surface area contributed by atoms with E-state index in [0.29, 0.717) is 20.6 Å². The van der Waals surface area contributed by atoms with Crippen molar-refractivity contribution in [2.24, 2.45) is 5.73 Å². The summed E-state index contributed by atoms with van der Waals surface area (Å²) in [5, 5.41) is 9.16. The summed E-state index contributed by atoms with van der Waals surface area (Å²) in [6, 6.07) is 8.83. The monoisotopic (exact) mass is 297 g/mol. The number of aromatic nitrogens is 1. The van der Waals surface area contributed by atoms with Gasteiger partial charge in [-0.2, -0.15) is 0 Å². The smallest absolute Gasteiger partial charge is 0.125 e. The number of nitrogen functional groups attached to an aromatic ring is 1. The second kappa shape index (κ2) is 5.61. The molecule has 0 aliphatic heterocycles. The molecule has 6 heteroatoms. The second-order valence-corrected chi connectivity index (χ2v) is 5.32. The fourth-order valence-electron chi connectivity index (χ4n) is 1.33. The normalized spacial score (nSPS) is 10.3. The molecule has 0 saturated heterocycles. The Kier molecular flexibility index (Phi) is 4.11. The number of hydrogen-bond donors (Lipinski definition) is 2. The van der Waals surface area contributed by atoms with Crippen LogP contribution in [0, 0.1) is 5.41 Å². The SMILES string of the molecule is N=C(N)c1cccnc1Sc1ccc(Cl)c(Cl)c1. The maximum atomic E-state index is 7.50. The number of pyridine rings is 1. The summed E-state index contributed by atoms with van der Waals surface area (Å²) >= 11 is 13.2. The van der Waals surface area contributed by atoms with Crippen molar-refractivity contribution in [3.8, 4) is 0 Å². The number of amidine groups is 1. The average molecular weight is 298 g/mol. The lowest BCUT2D eigenvalue weighted by Crippen LogP contribution is -2.12. The largest absolute Gasteiger partial charge is 0.384 e. The molecule has 3 N–H and O–H groups in total. The van der Waals surface area contributed by atoms with Crippen molar-refractivity contribution in [1.29, 1.82) is 5.41 Å². The maximum Gasteiger partial charge on any atom is 0.125 e. The van der Waals surface area contributed by atoms with Crippen molar-refractivity contribution >= 4 is 40.8 Å². The van der Waals surface area contributed by atoms with Gasteiger partial charge in [0.25, 0.3) is 0 Å². The zero-order chi connectivity index (χ0) is 13.1. The summed E-state index contributed by atoms with van der Waals surface area (Å²) in [6.07, 6.45) is 1.66. The van der Waals surface area contributed by atoms with Gasteiger partial charge < -0.3 is 5.73 Å². The van der Waals surface area contributed by atoms with Crippen molar-refractivity contribution in [2.75, 3.05) is 0 Å². The fourth-order valence-corrected chi connectivity index (χ4v) is 2.63. The molecule has 0 fully saturated rings. The van der Waals surface area contributed by atoms with Crippen molar-refractivity contribution in [2.45, 2.75) is 9.92 Å². The lowest BCUT2D eigenvalue weighted by atomic mass is 10.3. The number of nitrogens with zero attached hydrogens (tertiary/aromatic N) is 1. The van der Waals surface area contributed by atoms with Crippen LogP contribution in [-0.4, -0.2) is 10.8 Å². The highest BCUT2D eigenvalue weighted by Gasteiger charge is 2.09. The molecular weight excluding hydrogens is 289 g/mol. The van der Waals surface area contributed by atoms with E-state index in [1.807, 2.05) is 6.07 Å².